The van der Waals surface area contributed by atoms with E-state index in [2.05, 4.69) is 6.58 Å². The minimum absolute atomic E-state index is 0.136. The highest BCUT2D eigenvalue weighted by Gasteiger charge is 2.27. The van der Waals surface area contributed by atoms with Gasteiger partial charge in [-0.3, -0.25) is 4.79 Å². The van der Waals surface area contributed by atoms with Crippen molar-refractivity contribution >= 4 is 17.8 Å². The van der Waals surface area contributed by atoms with Crippen molar-refractivity contribution in [2.45, 2.75) is 6.92 Å². The predicted octanol–water partition coefficient (Wildman–Crippen LogP) is 3.72. The molecule has 0 radical (unpaired) electrons. The van der Waals surface area contributed by atoms with Crippen LogP contribution in [0.25, 0.3) is 6.08 Å². The molecule has 0 bridgehead atoms. The Bertz CT molecular complexity index is 878. The second-order valence-corrected chi connectivity index (χ2v) is 5.77. The molecule has 132 valence electrons. The van der Waals surface area contributed by atoms with E-state index in [1.54, 1.807) is 24.3 Å². The molecule has 0 N–H and O–H groups in total. The van der Waals surface area contributed by atoms with Gasteiger partial charge >= 0.3 is 5.97 Å². The highest BCUT2D eigenvalue weighted by atomic mass is 16.6. The fourth-order valence-corrected chi connectivity index (χ4v) is 2.41. The number of ketones is 1. The number of esters is 1. The molecule has 26 heavy (non-hydrogen) atoms. The summed E-state index contributed by atoms with van der Waals surface area (Å²) in [5.41, 5.74) is 2.49. The first kappa shape index (κ1) is 17.5. The molecule has 1 heterocycles. The van der Waals surface area contributed by atoms with Crippen LogP contribution in [0.2, 0.25) is 0 Å². The number of ether oxygens (including phenoxy) is 3. The summed E-state index contributed by atoms with van der Waals surface area (Å²) in [6.45, 7) is 5.37. The van der Waals surface area contributed by atoms with Gasteiger partial charge in [0, 0.05) is 6.07 Å². The van der Waals surface area contributed by atoms with E-state index < -0.39 is 5.97 Å². The van der Waals surface area contributed by atoms with Gasteiger partial charge in [0.2, 0.25) is 5.78 Å². The van der Waals surface area contributed by atoms with Gasteiger partial charge in [0.1, 0.15) is 18.1 Å². The van der Waals surface area contributed by atoms with Crippen molar-refractivity contribution in [3.8, 4) is 11.5 Å². The number of benzene rings is 2. The number of hydrogen-bond acceptors (Lipinski definition) is 5. The van der Waals surface area contributed by atoms with Gasteiger partial charge in [-0.2, -0.15) is 0 Å². The summed E-state index contributed by atoms with van der Waals surface area (Å²) >= 11 is 0. The Balaban J connectivity index is 1.70. The van der Waals surface area contributed by atoms with Gasteiger partial charge in [-0.15, -0.1) is 0 Å². The minimum atomic E-state index is -0.498. The van der Waals surface area contributed by atoms with Gasteiger partial charge in [0.15, 0.2) is 12.4 Å². The third-order valence-electron chi connectivity index (χ3n) is 3.74. The molecule has 0 unspecified atom stereocenters. The van der Waals surface area contributed by atoms with Crippen LogP contribution >= 0.6 is 0 Å². The van der Waals surface area contributed by atoms with Crippen molar-refractivity contribution in [1.29, 1.82) is 0 Å². The molecule has 2 aromatic rings. The van der Waals surface area contributed by atoms with Crippen LogP contribution in [-0.2, 0) is 9.53 Å². The van der Waals surface area contributed by atoms with Crippen LogP contribution in [0, 0.1) is 6.92 Å². The van der Waals surface area contributed by atoms with Crippen molar-refractivity contribution < 1.29 is 23.8 Å². The molecule has 2 aromatic carbocycles. The number of carbonyl (C=O) groups excluding carboxylic acids is 2. The number of Topliss-reactive ketones (excluding diaryl/α,β-unsaturated/α-hetero) is 1. The predicted molar refractivity (Wildman–Crippen MR) is 97.2 cm³/mol. The monoisotopic (exact) mass is 350 g/mol. The lowest BCUT2D eigenvalue weighted by Gasteiger charge is -2.06. The Morgan fingerprint density at radius 2 is 1.96 bits per heavy atom. The largest absolute Gasteiger partial charge is 0.482 e. The average molecular weight is 350 g/mol. The Labute approximate surface area is 151 Å². The van der Waals surface area contributed by atoms with E-state index in [-0.39, 0.29) is 24.8 Å². The molecule has 5 nitrogen and oxygen atoms in total. The molecule has 5 heteroatoms. The fraction of sp³-hybridized carbons (Fsp3) is 0.143. The first-order chi connectivity index (χ1) is 12.6. The third-order valence-corrected chi connectivity index (χ3v) is 3.74. The molecule has 0 saturated carbocycles. The first-order valence-corrected chi connectivity index (χ1v) is 8.11. The molecular formula is C21H18O5. The van der Waals surface area contributed by atoms with E-state index in [1.807, 2.05) is 31.2 Å². The van der Waals surface area contributed by atoms with Crippen molar-refractivity contribution in [3.63, 3.8) is 0 Å². The zero-order valence-electron chi connectivity index (χ0n) is 14.4. The van der Waals surface area contributed by atoms with Crippen LogP contribution in [-0.4, -0.2) is 25.0 Å². The van der Waals surface area contributed by atoms with Crippen molar-refractivity contribution in [1.82, 2.24) is 0 Å². The van der Waals surface area contributed by atoms with Crippen molar-refractivity contribution in [2.75, 3.05) is 13.2 Å². The van der Waals surface area contributed by atoms with Crippen LogP contribution in [0.4, 0.5) is 0 Å². The molecule has 0 atom stereocenters. The molecule has 0 fully saturated rings. The number of hydrogen-bond donors (Lipinski definition) is 0. The Hall–Kier alpha value is -3.34. The van der Waals surface area contributed by atoms with E-state index in [9.17, 15) is 9.59 Å². The van der Waals surface area contributed by atoms with E-state index in [4.69, 9.17) is 14.2 Å². The number of fused-ring (bicyclic) bond motifs is 1. The first-order valence-electron chi connectivity index (χ1n) is 8.11. The zero-order chi connectivity index (χ0) is 18.5. The molecule has 1 aliphatic rings. The minimum Gasteiger partial charge on any atom is -0.482 e. The van der Waals surface area contributed by atoms with Crippen LogP contribution in [0.3, 0.4) is 0 Å². The summed E-state index contributed by atoms with van der Waals surface area (Å²) < 4.78 is 15.9. The molecule has 0 aliphatic carbocycles. The summed E-state index contributed by atoms with van der Waals surface area (Å²) in [4.78, 5) is 23.9. The van der Waals surface area contributed by atoms with Crippen LogP contribution in [0.1, 0.15) is 21.5 Å². The van der Waals surface area contributed by atoms with E-state index in [1.165, 1.54) is 6.08 Å². The maximum Gasteiger partial charge on any atom is 0.344 e. The van der Waals surface area contributed by atoms with Gasteiger partial charge in [-0.1, -0.05) is 42.5 Å². The Morgan fingerprint density at radius 1 is 1.19 bits per heavy atom. The Morgan fingerprint density at radius 3 is 2.69 bits per heavy atom. The maximum atomic E-state index is 12.4. The molecule has 0 saturated heterocycles. The highest BCUT2D eigenvalue weighted by molar-refractivity contribution is 6.14. The lowest BCUT2D eigenvalue weighted by Crippen LogP contribution is -2.14. The molecular weight excluding hydrogens is 332 g/mol. The normalized spacial score (nSPS) is 13.9. The summed E-state index contributed by atoms with van der Waals surface area (Å²) in [6.07, 6.45) is 3.18. The van der Waals surface area contributed by atoms with Gasteiger partial charge in [-0.25, -0.2) is 4.79 Å². The standard InChI is InChI=1S/C21H18O5/c1-3-10-24-20(22)13-25-16-8-9-17-18(12-16)26-19(21(17)23)11-15-6-4-14(2)5-7-15/h3-9,11-12H,1,10,13H2,2H3. The van der Waals surface area contributed by atoms with Gasteiger partial charge in [0.25, 0.3) is 0 Å². The molecule has 0 aromatic heterocycles. The van der Waals surface area contributed by atoms with E-state index >= 15 is 0 Å². The summed E-state index contributed by atoms with van der Waals surface area (Å²) in [5.74, 6) is 0.403. The quantitative estimate of drug-likeness (QED) is 0.451. The second-order valence-electron chi connectivity index (χ2n) is 5.77. The van der Waals surface area contributed by atoms with Crippen LogP contribution in [0.5, 0.6) is 11.5 Å². The van der Waals surface area contributed by atoms with Crippen LogP contribution < -0.4 is 9.47 Å². The van der Waals surface area contributed by atoms with Crippen molar-refractivity contribution in [3.05, 3.63) is 77.6 Å². The Kier molecular flexibility index (Phi) is 5.17. The third kappa shape index (κ3) is 4.00. The summed E-state index contributed by atoms with van der Waals surface area (Å²) in [6, 6.07) is 12.6. The van der Waals surface area contributed by atoms with Gasteiger partial charge < -0.3 is 14.2 Å². The highest BCUT2D eigenvalue weighted by Crippen LogP contribution is 2.34. The maximum absolute atomic E-state index is 12.4. The number of carbonyl (C=O) groups is 2. The SMILES string of the molecule is C=CCOC(=O)COc1ccc2c(c1)OC(=Cc1ccc(C)cc1)C2=O. The van der Waals surface area contributed by atoms with Gasteiger partial charge in [-0.05, 0) is 30.7 Å². The second kappa shape index (κ2) is 7.70. The molecule has 3 rings (SSSR count). The molecule has 0 amide bonds. The lowest BCUT2D eigenvalue weighted by atomic mass is 10.1. The summed E-state index contributed by atoms with van der Waals surface area (Å²) in [7, 11) is 0. The van der Waals surface area contributed by atoms with Gasteiger partial charge in [0.05, 0.1) is 5.56 Å². The number of aryl methyl sites for hydroxylation is 1. The van der Waals surface area contributed by atoms with E-state index in [0.29, 0.717) is 17.1 Å². The topological polar surface area (TPSA) is 61.8 Å². The van der Waals surface area contributed by atoms with Crippen molar-refractivity contribution in [2.24, 2.45) is 0 Å². The van der Waals surface area contributed by atoms with Crippen LogP contribution in [0.15, 0.2) is 60.9 Å². The lowest BCUT2D eigenvalue weighted by molar-refractivity contribution is -0.144. The summed E-state index contributed by atoms with van der Waals surface area (Å²) in [5, 5.41) is 0. The zero-order valence-corrected chi connectivity index (χ0v) is 14.4. The average Bonchev–Trinajstić information content (AvgIpc) is 2.95. The molecule has 0 spiro atoms. The number of rotatable bonds is 6. The van der Waals surface area contributed by atoms with E-state index in [0.717, 1.165) is 11.1 Å². The number of allylic oxidation sites excluding steroid dienone is 1. The fourth-order valence-electron chi connectivity index (χ4n) is 2.41. The smallest absolute Gasteiger partial charge is 0.344 e. The molecule has 1 aliphatic heterocycles.